The number of rotatable bonds is 2. The highest BCUT2D eigenvalue weighted by molar-refractivity contribution is 5.54. The van der Waals surface area contributed by atoms with Gasteiger partial charge in [-0.25, -0.2) is 0 Å². The minimum atomic E-state index is 0.528. The van der Waals surface area contributed by atoms with Gasteiger partial charge < -0.3 is 9.64 Å². The summed E-state index contributed by atoms with van der Waals surface area (Å²) in [4.78, 5) is 2.39. The number of pyridine rings is 1. The number of aromatic nitrogens is 1. The lowest BCUT2D eigenvalue weighted by molar-refractivity contribution is -0.698. The van der Waals surface area contributed by atoms with Crippen LogP contribution in [-0.4, -0.2) is 19.2 Å². The van der Waals surface area contributed by atoms with Crippen LogP contribution >= 0.6 is 0 Å². The van der Waals surface area contributed by atoms with Crippen LogP contribution in [0.15, 0.2) is 18.3 Å². The standard InChI is InChI=1S/C12H19N2O.C2H6/c1-4-13-7-5-6-11-12(13)15-9-8-14(11)10(2)3;1-2/h5-7,10H,4,8-9H2,1-3H3;1-2H3/q+1;. The van der Waals surface area contributed by atoms with Crippen LogP contribution in [0, 0.1) is 0 Å². The Balaban J connectivity index is 0.000000686. The average Bonchev–Trinajstić information content (AvgIpc) is 2.39. The molecule has 2 heterocycles. The summed E-state index contributed by atoms with van der Waals surface area (Å²) in [6, 6.07) is 4.76. The van der Waals surface area contributed by atoms with E-state index in [1.807, 2.05) is 13.8 Å². The van der Waals surface area contributed by atoms with E-state index in [-0.39, 0.29) is 0 Å². The average molecular weight is 237 g/mol. The van der Waals surface area contributed by atoms with E-state index in [2.05, 4.69) is 48.6 Å². The van der Waals surface area contributed by atoms with Gasteiger partial charge in [-0.2, -0.15) is 4.57 Å². The Kier molecular flexibility index (Phi) is 5.26. The number of ether oxygens (including phenoxy) is 1. The monoisotopic (exact) mass is 237 g/mol. The van der Waals surface area contributed by atoms with Crippen molar-refractivity contribution in [2.24, 2.45) is 0 Å². The van der Waals surface area contributed by atoms with Crippen molar-refractivity contribution in [3.63, 3.8) is 0 Å². The molecule has 1 aromatic rings. The van der Waals surface area contributed by atoms with Crippen molar-refractivity contribution in [1.29, 1.82) is 0 Å². The molecule has 1 aliphatic heterocycles. The van der Waals surface area contributed by atoms with E-state index in [0.717, 1.165) is 25.6 Å². The molecule has 0 unspecified atom stereocenters. The highest BCUT2D eigenvalue weighted by Gasteiger charge is 2.27. The molecule has 0 saturated carbocycles. The normalized spacial score (nSPS) is 13.6. The van der Waals surface area contributed by atoms with Gasteiger partial charge in [-0.3, -0.25) is 0 Å². The second-order valence-electron chi connectivity index (χ2n) is 4.12. The van der Waals surface area contributed by atoms with E-state index < -0.39 is 0 Å². The minimum Gasteiger partial charge on any atom is -0.441 e. The van der Waals surface area contributed by atoms with Crippen LogP contribution in [0.25, 0.3) is 0 Å². The van der Waals surface area contributed by atoms with E-state index in [0.29, 0.717) is 6.04 Å². The molecular weight excluding hydrogens is 212 g/mol. The molecule has 0 saturated heterocycles. The Bertz CT molecular complexity index is 350. The SMILES string of the molecule is CC.CC[n+]1cccc2c1OCCN2C(C)C. The number of hydrogen-bond acceptors (Lipinski definition) is 2. The van der Waals surface area contributed by atoms with Crippen molar-refractivity contribution in [3.8, 4) is 5.88 Å². The van der Waals surface area contributed by atoms with Crippen LogP contribution in [-0.2, 0) is 6.54 Å². The van der Waals surface area contributed by atoms with Gasteiger partial charge in [0.05, 0.1) is 6.54 Å². The second kappa shape index (κ2) is 6.48. The second-order valence-corrected chi connectivity index (χ2v) is 4.12. The summed E-state index contributed by atoms with van der Waals surface area (Å²) in [5, 5.41) is 0. The molecule has 0 aliphatic carbocycles. The molecule has 3 nitrogen and oxygen atoms in total. The van der Waals surface area contributed by atoms with E-state index in [4.69, 9.17) is 4.74 Å². The molecule has 0 spiro atoms. The van der Waals surface area contributed by atoms with Crippen LogP contribution in [0.2, 0.25) is 0 Å². The third kappa shape index (κ3) is 2.90. The van der Waals surface area contributed by atoms with E-state index in [9.17, 15) is 0 Å². The van der Waals surface area contributed by atoms with Crippen LogP contribution in [0.5, 0.6) is 5.88 Å². The molecule has 0 fully saturated rings. The van der Waals surface area contributed by atoms with Gasteiger partial charge in [0, 0.05) is 12.1 Å². The van der Waals surface area contributed by atoms with Gasteiger partial charge in [-0.15, -0.1) is 0 Å². The van der Waals surface area contributed by atoms with E-state index in [1.54, 1.807) is 0 Å². The van der Waals surface area contributed by atoms with Crippen LogP contribution in [0.4, 0.5) is 5.69 Å². The molecule has 17 heavy (non-hydrogen) atoms. The summed E-state index contributed by atoms with van der Waals surface area (Å²) in [7, 11) is 0. The minimum absolute atomic E-state index is 0.528. The fourth-order valence-electron chi connectivity index (χ4n) is 2.05. The largest absolute Gasteiger partial charge is 0.441 e. The molecule has 0 bridgehead atoms. The first kappa shape index (κ1) is 13.8. The van der Waals surface area contributed by atoms with Crippen molar-refractivity contribution in [2.45, 2.75) is 47.2 Å². The number of hydrogen-bond donors (Lipinski definition) is 0. The lowest BCUT2D eigenvalue weighted by Gasteiger charge is -2.32. The molecular formula is C14H25N2O+. The van der Waals surface area contributed by atoms with Crippen molar-refractivity contribution >= 4 is 5.69 Å². The Morgan fingerprint density at radius 2 is 2.12 bits per heavy atom. The number of aryl methyl sites for hydroxylation is 1. The molecule has 0 radical (unpaired) electrons. The molecule has 96 valence electrons. The third-order valence-corrected chi connectivity index (χ3v) is 2.84. The molecule has 1 aliphatic rings. The quantitative estimate of drug-likeness (QED) is 0.735. The smallest absolute Gasteiger partial charge is 0.392 e. The van der Waals surface area contributed by atoms with E-state index in [1.165, 1.54) is 5.69 Å². The maximum Gasteiger partial charge on any atom is 0.392 e. The summed E-state index contributed by atoms with van der Waals surface area (Å²) in [6.07, 6.45) is 2.07. The van der Waals surface area contributed by atoms with Crippen molar-refractivity contribution in [2.75, 3.05) is 18.1 Å². The zero-order valence-electron chi connectivity index (χ0n) is 11.7. The maximum atomic E-state index is 5.75. The highest BCUT2D eigenvalue weighted by Crippen LogP contribution is 2.28. The third-order valence-electron chi connectivity index (χ3n) is 2.84. The van der Waals surface area contributed by atoms with Gasteiger partial charge in [0.15, 0.2) is 11.9 Å². The lowest BCUT2D eigenvalue weighted by Crippen LogP contribution is -2.44. The van der Waals surface area contributed by atoms with Crippen molar-refractivity contribution < 1.29 is 9.30 Å². The van der Waals surface area contributed by atoms with Gasteiger partial charge >= 0.3 is 5.88 Å². The molecule has 0 N–H and O–H groups in total. The van der Waals surface area contributed by atoms with Crippen molar-refractivity contribution in [3.05, 3.63) is 18.3 Å². The summed E-state index contributed by atoms with van der Waals surface area (Å²) < 4.78 is 7.90. The topological polar surface area (TPSA) is 16.4 Å². The van der Waals surface area contributed by atoms with E-state index >= 15 is 0 Å². The highest BCUT2D eigenvalue weighted by atomic mass is 16.5. The Morgan fingerprint density at radius 3 is 2.71 bits per heavy atom. The number of anilines is 1. The van der Waals surface area contributed by atoms with Crippen LogP contribution in [0.3, 0.4) is 0 Å². The van der Waals surface area contributed by atoms with Gasteiger partial charge in [-0.05, 0) is 26.8 Å². The summed E-state index contributed by atoms with van der Waals surface area (Å²) in [5.74, 6) is 1.01. The Hall–Kier alpha value is -1.25. The van der Waals surface area contributed by atoms with Gasteiger partial charge in [0.25, 0.3) is 0 Å². The molecule has 0 amide bonds. The van der Waals surface area contributed by atoms with Gasteiger partial charge in [0.2, 0.25) is 0 Å². The fraction of sp³-hybridized carbons (Fsp3) is 0.643. The molecule has 1 aromatic heterocycles. The zero-order valence-corrected chi connectivity index (χ0v) is 11.7. The fourth-order valence-corrected chi connectivity index (χ4v) is 2.05. The Morgan fingerprint density at radius 1 is 1.41 bits per heavy atom. The zero-order chi connectivity index (χ0) is 12.8. The molecule has 2 rings (SSSR count). The summed E-state index contributed by atoms with van der Waals surface area (Å²) in [5.41, 5.74) is 1.22. The van der Waals surface area contributed by atoms with Gasteiger partial charge in [-0.1, -0.05) is 13.8 Å². The number of fused-ring (bicyclic) bond motifs is 1. The predicted octanol–water partition coefficient (Wildman–Crippen LogP) is 2.63. The maximum absolute atomic E-state index is 5.75. The molecule has 0 aromatic carbocycles. The first-order valence-corrected chi connectivity index (χ1v) is 6.66. The first-order valence-electron chi connectivity index (χ1n) is 6.66. The van der Waals surface area contributed by atoms with Crippen molar-refractivity contribution in [1.82, 2.24) is 0 Å². The first-order chi connectivity index (χ1) is 8.24. The van der Waals surface area contributed by atoms with Crippen LogP contribution < -0.4 is 14.2 Å². The lowest BCUT2D eigenvalue weighted by atomic mass is 10.2. The number of nitrogens with zero attached hydrogens (tertiary/aromatic N) is 2. The summed E-state index contributed by atoms with van der Waals surface area (Å²) in [6.45, 7) is 13.3. The Labute approximate surface area is 105 Å². The predicted molar refractivity (Wildman–Crippen MR) is 71.6 cm³/mol. The molecule has 3 heteroatoms. The molecule has 0 atom stereocenters. The van der Waals surface area contributed by atoms with Crippen LogP contribution in [0.1, 0.15) is 34.6 Å². The summed E-state index contributed by atoms with van der Waals surface area (Å²) >= 11 is 0. The van der Waals surface area contributed by atoms with Gasteiger partial charge in [0.1, 0.15) is 13.2 Å².